The van der Waals surface area contributed by atoms with Gasteiger partial charge in [0, 0.05) is 24.5 Å². The molecule has 0 saturated heterocycles. The van der Waals surface area contributed by atoms with Crippen molar-refractivity contribution < 1.29 is 4.79 Å². The summed E-state index contributed by atoms with van der Waals surface area (Å²) < 4.78 is 3.72. The maximum absolute atomic E-state index is 12.5. The molecular formula is C20H19ClN6O3S. The van der Waals surface area contributed by atoms with E-state index in [0.29, 0.717) is 11.6 Å². The van der Waals surface area contributed by atoms with Gasteiger partial charge in [0.05, 0.1) is 23.6 Å². The van der Waals surface area contributed by atoms with E-state index >= 15 is 0 Å². The van der Waals surface area contributed by atoms with E-state index < -0.39 is 11.2 Å². The maximum Gasteiger partial charge on any atom is 0.332 e. The first-order chi connectivity index (χ1) is 14.8. The van der Waals surface area contributed by atoms with Gasteiger partial charge in [0.2, 0.25) is 5.91 Å². The summed E-state index contributed by atoms with van der Waals surface area (Å²) in [6.07, 6.45) is 1.39. The number of amides is 1. The number of imidazole rings is 1. The molecule has 11 heteroatoms. The molecule has 160 valence electrons. The maximum atomic E-state index is 12.5. The van der Waals surface area contributed by atoms with Crippen LogP contribution in [-0.4, -0.2) is 29.6 Å². The van der Waals surface area contributed by atoms with Gasteiger partial charge in [-0.05, 0) is 13.0 Å². The second-order valence-electron chi connectivity index (χ2n) is 7.03. The number of hydrogen-bond donors (Lipinski definition) is 1. The van der Waals surface area contributed by atoms with E-state index in [0.717, 1.165) is 25.7 Å². The average molecular weight is 459 g/mol. The largest absolute Gasteiger partial charge is 0.350 e. The van der Waals surface area contributed by atoms with Gasteiger partial charge in [-0.1, -0.05) is 29.8 Å². The number of nitrogens with zero attached hydrogens (tertiary/aromatic N) is 5. The van der Waals surface area contributed by atoms with Gasteiger partial charge >= 0.3 is 5.69 Å². The van der Waals surface area contributed by atoms with Crippen LogP contribution in [0.25, 0.3) is 21.7 Å². The van der Waals surface area contributed by atoms with Crippen LogP contribution in [0.5, 0.6) is 0 Å². The lowest BCUT2D eigenvalue weighted by atomic mass is 10.2. The lowest BCUT2D eigenvalue weighted by molar-refractivity contribution is -0.121. The van der Waals surface area contributed by atoms with Gasteiger partial charge in [0.25, 0.3) is 5.56 Å². The average Bonchev–Trinajstić information content (AvgIpc) is 3.33. The first-order valence-corrected chi connectivity index (χ1v) is 10.6. The normalized spacial score (nSPS) is 11.2. The predicted octanol–water partition coefficient (Wildman–Crippen LogP) is 1.84. The highest BCUT2D eigenvalue weighted by Gasteiger charge is 2.17. The molecule has 0 aliphatic carbocycles. The molecule has 4 aromatic rings. The standard InChI is InChI=1S/C20H19ClN6O3S/c1-11-14(31-18(24-11)12-6-4-5-7-13(12)21)8-22-15(28)9-27-10-23-17-16(27)19(29)26(3)20(30)25(17)2/h4-7,10H,8-9H2,1-3H3,(H,22,28). The Morgan fingerprint density at radius 2 is 1.94 bits per heavy atom. The fourth-order valence-electron chi connectivity index (χ4n) is 3.25. The molecule has 0 fully saturated rings. The second kappa shape index (κ2) is 8.12. The molecular weight excluding hydrogens is 440 g/mol. The molecule has 0 radical (unpaired) electrons. The quantitative estimate of drug-likeness (QED) is 0.491. The van der Waals surface area contributed by atoms with Crippen LogP contribution in [0.15, 0.2) is 40.2 Å². The topological polar surface area (TPSA) is 104 Å². The molecule has 31 heavy (non-hydrogen) atoms. The molecule has 0 bridgehead atoms. The molecule has 0 saturated carbocycles. The van der Waals surface area contributed by atoms with Crippen LogP contribution in [-0.2, 0) is 32.0 Å². The smallest absolute Gasteiger partial charge is 0.332 e. The van der Waals surface area contributed by atoms with Crippen LogP contribution in [0.3, 0.4) is 0 Å². The number of benzene rings is 1. The summed E-state index contributed by atoms with van der Waals surface area (Å²) in [6.45, 7) is 2.08. The van der Waals surface area contributed by atoms with Gasteiger partial charge in [-0.15, -0.1) is 11.3 Å². The summed E-state index contributed by atoms with van der Waals surface area (Å²) in [5, 5.41) is 4.26. The fourth-order valence-corrected chi connectivity index (χ4v) is 4.57. The number of fused-ring (bicyclic) bond motifs is 1. The summed E-state index contributed by atoms with van der Waals surface area (Å²) >= 11 is 7.73. The van der Waals surface area contributed by atoms with Crippen molar-refractivity contribution in [3.8, 4) is 10.6 Å². The van der Waals surface area contributed by atoms with Crippen LogP contribution in [0.4, 0.5) is 0 Å². The summed E-state index contributed by atoms with van der Waals surface area (Å²) in [5.41, 5.74) is 1.14. The Balaban J connectivity index is 1.52. The Morgan fingerprint density at radius 1 is 1.19 bits per heavy atom. The highest BCUT2D eigenvalue weighted by atomic mass is 35.5. The second-order valence-corrected chi connectivity index (χ2v) is 8.53. The van der Waals surface area contributed by atoms with Crippen molar-refractivity contribution in [1.82, 2.24) is 29.0 Å². The Morgan fingerprint density at radius 3 is 2.68 bits per heavy atom. The molecule has 0 spiro atoms. The van der Waals surface area contributed by atoms with Crippen molar-refractivity contribution in [2.24, 2.45) is 14.1 Å². The lowest BCUT2D eigenvalue weighted by Gasteiger charge is -2.07. The number of aromatic nitrogens is 5. The SMILES string of the molecule is Cc1nc(-c2ccccc2Cl)sc1CNC(=O)Cn1cnc2c1c(=O)n(C)c(=O)n2C. The molecule has 3 heterocycles. The van der Waals surface area contributed by atoms with Crippen molar-refractivity contribution in [1.29, 1.82) is 0 Å². The Bertz CT molecular complexity index is 1430. The molecule has 0 unspecified atom stereocenters. The van der Waals surface area contributed by atoms with E-state index in [1.807, 2.05) is 31.2 Å². The molecule has 0 aliphatic rings. The summed E-state index contributed by atoms with van der Waals surface area (Å²) in [5.74, 6) is -0.290. The van der Waals surface area contributed by atoms with E-state index in [1.165, 1.54) is 40.9 Å². The Kier molecular flexibility index (Phi) is 5.50. The molecule has 0 atom stereocenters. The third-order valence-electron chi connectivity index (χ3n) is 4.97. The molecule has 1 amide bonds. The first kappa shape index (κ1) is 21.0. The van der Waals surface area contributed by atoms with E-state index in [2.05, 4.69) is 15.3 Å². The van der Waals surface area contributed by atoms with E-state index in [9.17, 15) is 14.4 Å². The summed E-state index contributed by atoms with van der Waals surface area (Å²) in [6, 6.07) is 7.47. The number of halogens is 1. The van der Waals surface area contributed by atoms with Crippen LogP contribution >= 0.6 is 22.9 Å². The van der Waals surface area contributed by atoms with Crippen molar-refractivity contribution in [2.75, 3.05) is 0 Å². The van der Waals surface area contributed by atoms with Crippen molar-refractivity contribution in [2.45, 2.75) is 20.0 Å². The molecule has 3 aromatic heterocycles. The predicted molar refractivity (Wildman–Crippen MR) is 119 cm³/mol. The summed E-state index contributed by atoms with van der Waals surface area (Å²) in [4.78, 5) is 46.7. The molecule has 4 rings (SSSR count). The van der Waals surface area contributed by atoms with Gasteiger partial charge < -0.3 is 9.88 Å². The number of hydrogen-bond acceptors (Lipinski definition) is 6. The minimum atomic E-state index is -0.494. The van der Waals surface area contributed by atoms with Gasteiger partial charge in [-0.2, -0.15) is 0 Å². The van der Waals surface area contributed by atoms with Gasteiger partial charge in [-0.3, -0.25) is 18.7 Å². The van der Waals surface area contributed by atoms with Crippen molar-refractivity contribution in [3.05, 3.63) is 67.0 Å². The first-order valence-electron chi connectivity index (χ1n) is 9.36. The number of nitrogens with one attached hydrogen (secondary N) is 1. The number of carbonyl (C=O) groups excluding carboxylic acids is 1. The van der Waals surface area contributed by atoms with Crippen molar-refractivity contribution >= 4 is 40.0 Å². The third-order valence-corrected chi connectivity index (χ3v) is 6.49. The van der Waals surface area contributed by atoms with Crippen LogP contribution in [0, 0.1) is 6.92 Å². The minimum Gasteiger partial charge on any atom is -0.350 e. The highest BCUT2D eigenvalue weighted by molar-refractivity contribution is 7.15. The highest BCUT2D eigenvalue weighted by Crippen LogP contribution is 2.32. The fraction of sp³-hybridized carbons (Fsp3) is 0.250. The monoisotopic (exact) mass is 458 g/mol. The molecule has 1 aromatic carbocycles. The van der Waals surface area contributed by atoms with Gasteiger partial charge in [0.1, 0.15) is 11.6 Å². The minimum absolute atomic E-state index is 0.0980. The van der Waals surface area contributed by atoms with E-state index in [4.69, 9.17) is 11.6 Å². The van der Waals surface area contributed by atoms with Crippen molar-refractivity contribution in [3.63, 3.8) is 0 Å². The Hall–Kier alpha value is -3.24. The molecule has 0 aliphatic heterocycles. The van der Waals surface area contributed by atoms with Crippen LogP contribution < -0.4 is 16.6 Å². The number of thiazole rings is 1. The van der Waals surface area contributed by atoms with Crippen LogP contribution in [0.1, 0.15) is 10.6 Å². The Labute approximate surface area is 185 Å². The van der Waals surface area contributed by atoms with Gasteiger partial charge in [0.15, 0.2) is 11.2 Å². The zero-order valence-electron chi connectivity index (χ0n) is 17.0. The third kappa shape index (κ3) is 3.79. The van der Waals surface area contributed by atoms with E-state index in [1.54, 1.807) is 0 Å². The zero-order chi connectivity index (χ0) is 22.3. The van der Waals surface area contributed by atoms with Gasteiger partial charge in [-0.25, -0.2) is 14.8 Å². The van der Waals surface area contributed by atoms with E-state index in [-0.39, 0.29) is 23.6 Å². The molecule has 9 nitrogen and oxygen atoms in total. The number of rotatable bonds is 5. The number of aryl methyl sites for hydroxylation is 2. The lowest BCUT2D eigenvalue weighted by Crippen LogP contribution is -2.38. The summed E-state index contributed by atoms with van der Waals surface area (Å²) in [7, 11) is 2.93. The number of carbonyl (C=O) groups is 1. The molecule has 1 N–H and O–H groups in total. The zero-order valence-corrected chi connectivity index (χ0v) is 18.6. The van der Waals surface area contributed by atoms with Crippen LogP contribution in [0.2, 0.25) is 5.02 Å².